The monoisotopic (exact) mass is 401 g/mol. The zero-order valence-electron chi connectivity index (χ0n) is 15.9. The van der Waals surface area contributed by atoms with Crippen LogP contribution in [0.5, 0.6) is 0 Å². The number of nitrogens with one attached hydrogen (secondary N) is 1. The molecule has 3 rings (SSSR count). The van der Waals surface area contributed by atoms with E-state index in [9.17, 15) is 15.2 Å². The van der Waals surface area contributed by atoms with Gasteiger partial charge in [0.1, 0.15) is 5.56 Å². The molecule has 1 heterocycles. The van der Waals surface area contributed by atoms with Crippen molar-refractivity contribution in [2.45, 2.75) is 44.8 Å². The quantitative estimate of drug-likeness (QED) is 0.707. The molecule has 3 unspecified atom stereocenters. The van der Waals surface area contributed by atoms with Gasteiger partial charge in [0.2, 0.25) is 0 Å². The fraction of sp³-hybridized carbons (Fsp3) is 0.450. The molecule has 1 aliphatic rings. The van der Waals surface area contributed by atoms with Crippen LogP contribution < -0.4 is 11.1 Å². The van der Waals surface area contributed by atoms with E-state index in [4.69, 9.17) is 17.3 Å². The summed E-state index contributed by atoms with van der Waals surface area (Å²) in [5.41, 5.74) is 5.68. The van der Waals surface area contributed by atoms with Crippen molar-refractivity contribution in [3.63, 3.8) is 0 Å². The van der Waals surface area contributed by atoms with Crippen LogP contribution in [0.2, 0.25) is 5.02 Å². The number of anilines is 2. The molecule has 4 N–H and O–H groups in total. The average Bonchev–Trinajstić information content (AvgIpc) is 3.06. The fourth-order valence-corrected chi connectivity index (χ4v) is 3.88. The maximum Gasteiger partial charge on any atom is 0.254 e. The third-order valence-electron chi connectivity index (χ3n) is 5.42. The van der Waals surface area contributed by atoms with Crippen LogP contribution in [0.25, 0.3) is 0 Å². The second kappa shape index (κ2) is 7.82. The minimum absolute atomic E-state index is 0.0474. The number of aliphatic hydroxyl groups is 1. The molecule has 1 aliphatic carbocycles. The highest BCUT2D eigenvalue weighted by Crippen LogP contribution is 2.41. The van der Waals surface area contributed by atoms with Crippen molar-refractivity contribution in [3.05, 3.63) is 41.0 Å². The van der Waals surface area contributed by atoms with E-state index >= 15 is 0 Å². The lowest BCUT2D eigenvalue weighted by Gasteiger charge is -2.38. The van der Waals surface area contributed by atoms with Crippen molar-refractivity contribution in [1.29, 1.82) is 5.26 Å². The number of hydrogen-bond donors (Lipinski definition) is 3. The van der Waals surface area contributed by atoms with Crippen LogP contribution in [0.1, 0.15) is 49.5 Å². The topological polar surface area (TPSA) is 117 Å². The van der Waals surface area contributed by atoms with Crippen LogP contribution >= 0.6 is 11.6 Å². The molecule has 8 heteroatoms. The number of rotatable bonds is 5. The van der Waals surface area contributed by atoms with E-state index in [0.717, 1.165) is 12.1 Å². The number of nitrogens with two attached hydrogens (primary N) is 1. The van der Waals surface area contributed by atoms with Gasteiger partial charge in [-0.15, -0.1) is 0 Å². The Morgan fingerprint density at radius 1 is 1.39 bits per heavy atom. The highest BCUT2D eigenvalue weighted by molar-refractivity contribution is 6.30. The van der Waals surface area contributed by atoms with Gasteiger partial charge in [-0.3, -0.25) is 9.48 Å². The van der Waals surface area contributed by atoms with E-state index in [1.54, 1.807) is 49.0 Å². The van der Waals surface area contributed by atoms with E-state index < -0.39 is 11.5 Å². The number of amides is 1. The van der Waals surface area contributed by atoms with Gasteiger partial charge in [-0.1, -0.05) is 11.6 Å². The van der Waals surface area contributed by atoms with Crippen molar-refractivity contribution >= 4 is 29.0 Å². The third kappa shape index (κ3) is 4.29. The first-order chi connectivity index (χ1) is 13.2. The summed E-state index contributed by atoms with van der Waals surface area (Å²) < 4.78 is 1.66. The molecular weight excluding hydrogens is 378 g/mol. The van der Waals surface area contributed by atoms with Gasteiger partial charge in [0.25, 0.3) is 5.91 Å². The number of carbonyl (C=O) groups excluding carboxylic acids is 1. The van der Waals surface area contributed by atoms with Gasteiger partial charge in [-0.25, -0.2) is 0 Å². The molecule has 3 atom stereocenters. The average molecular weight is 402 g/mol. The summed E-state index contributed by atoms with van der Waals surface area (Å²) in [5, 5.41) is 28.2. The lowest BCUT2D eigenvalue weighted by atomic mass is 9.72. The Morgan fingerprint density at radius 2 is 2.07 bits per heavy atom. The summed E-state index contributed by atoms with van der Waals surface area (Å²) in [6.07, 6.45) is 3.64. The van der Waals surface area contributed by atoms with Gasteiger partial charge in [0, 0.05) is 16.9 Å². The van der Waals surface area contributed by atoms with E-state index in [1.807, 2.05) is 0 Å². The molecule has 7 nitrogen and oxygen atoms in total. The first kappa shape index (κ1) is 20.2. The predicted octanol–water partition coefficient (Wildman–Crippen LogP) is 3.63. The van der Waals surface area contributed by atoms with E-state index in [2.05, 4.69) is 16.5 Å². The minimum Gasteiger partial charge on any atom is -0.390 e. The summed E-state index contributed by atoms with van der Waals surface area (Å²) >= 11 is 5.91. The van der Waals surface area contributed by atoms with Crippen LogP contribution in [0.3, 0.4) is 0 Å². The summed E-state index contributed by atoms with van der Waals surface area (Å²) in [4.78, 5) is 11.9. The Morgan fingerprint density at radius 3 is 2.64 bits per heavy atom. The minimum atomic E-state index is -0.829. The predicted molar refractivity (Wildman–Crippen MR) is 107 cm³/mol. The molecule has 28 heavy (non-hydrogen) atoms. The molecule has 148 valence electrons. The summed E-state index contributed by atoms with van der Waals surface area (Å²) in [6, 6.07) is 9.18. The standard InChI is InChI=1S/C20H24ClN5O2/c1-20(2,28)13-3-8-17(12(9-13)10-22)26-11-16(18(23)27)19(25-26)24-15-6-4-14(21)5-7-15/h4-7,11-13,17,28H,3,8-9H2,1-2H3,(H2,23,27)(H,24,25). The fourth-order valence-electron chi connectivity index (χ4n) is 3.76. The van der Waals surface area contributed by atoms with Crippen LogP contribution in [-0.4, -0.2) is 26.4 Å². The van der Waals surface area contributed by atoms with E-state index in [0.29, 0.717) is 23.7 Å². The Hall–Kier alpha value is -2.56. The number of halogens is 1. The molecule has 0 bridgehead atoms. The van der Waals surface area contributed by atoms with Gasteiger partial charge in [-0.05, 0) is 63.3 Å². The Kier molecular flexibility index (Phi) is 5.64. The number of nitriles is 1. The lowest BCUT2D eigenvalue weighted by Crippen LogP contribution is -2.38. The highest BCUT2D eigenvalue weighted by Gasteiger charge is 2.38. The molecule has 0 radical (unpaired) electrons. The number of hydrogen-bond acceptors (Lipinski definition) is 5. The van der Waals surface area contributed by atoms with Crippen molar-refractivity contribution in [2.75, 3.05) is 5.32 Å². The molecule has 2 aromatic rings. The number of benzene rings is 1. The van der Waals surface area contributed by atoms with Crippen molar-refractivity contribution in [3.8, 4) is 6.07 Å². The van der Waals surface area contributed by atoms with Crippen LogP contribution in [-0.2, 0) is 0 Å². The maximum atomic E-state index is 11.9. The van der Waals surface area contributed by atoms with Crippen molar-refractivity contribution in [2.24, 2.45) is 17.6 Å². The smallest absolute Gasteiger partial charge is 0.254 e. The van der Waals surface area contributed by atoms with E-state index in [1.165, 1.54) is 0 Å². The lowest BCUT2D eigenvalue weighted by molar-refractivity contribution is -0.0135. The van der Waals surface area contributed by atoms with E-state index in [-0.39, 0.29) is 23.4 Å². The summed E-state index contributed by atoms with van der Waals surface area (Å²) in [7, 11) is 0. The van der Waals surface area contributed by atoms with Gasteiger partial charge in [0.15, 0.2) is 5.82 Å². The third-order valence-corrected chi connectivity index (χ3v) is 5.67. The van der Waals surface area contributed by atoms with Gasteiger partial charge >= 0.3 is 0 Å². The summed E-state index contributed by atoms with van der Waals surface area (Å²) in [5.74, 6) is -0.516. The normalized spacial score (nSPS) is 22.5. The van der Waals surface area contributed by atoms with Crippen LogP contribution in [0.4, 0.5) is 11.5 Å². The number of carbonyl (C=O) groups is 1. The van der Waals surface area contributed by atoms with Gasteiger partial charge in [0.05, 0.1) is 23.6 Å². The molecule has 1 amide bonds. The SMILES string of the molecule is CC(C)(O)C1CCC(n2cc(C(N)=O)c(Nc3ccc(Cl)cc3)n2)C(C#N)C1. The molecule has 0 spiro atoms. The van der Waals surface area contributed by atoms with Crippen molar-refractivity contribution < 1.29 is 9.90 Å². The molecule has 1 saturated carbocycles. The molecule has 1 aromatic carbocycles. The zero-order valence-corrected chi connectivity index (χ0v) is 16.6. The molecule has 0 aliphatic heterocycles. The van der Waals surface area contributed by atoms with Crippen LogP contribution in [0, 0.1) is 23.2 Å². The number of nitrogens with zero attached hydrogens (tertiary/aromatic N) is 3. The molecule has 0 saturated heterocycles. The summed E-state index contributed by atoms with van der Waals surface area (Å²) in [6.45, 7) is 3.55. The van der Waals surface area contributed by atoms with Crippen molar-refractivity contribution in [1.82, 2.24) is 9.78 Å². The Bertz CT molecular complexity index is 895. The second-order valence-corrected chi connectivity index (χ2v) is 8.27. The highest BCUT2D eigenvalue weighted by atomic mass is 35.5. The Labute approximate surface area is 169 Å². The molecule has 1 aromatic heterocycles. The van der Waals surface area contributed by atoms with Gasteiger partial charge < -0.3 is 16.2 Å². The second-order valence-electron chi connectivity index (χ2n) is 7.83. The van der Waals surface area contributed by atoms with Gasteiger partial charge in [-0.2, -0.15) is 10.4 Å². The molecular formula is C20H24ClN5O2. The first-order valence-corrected chi connectivity index (χ1v) is 9.60. The first-order valence-electron chi connectivity index (χ1n) is 9.22. The molecule has 1 fully saturated rings. The zero-order chi connectivity index (χ0) is 20.5. The Balaban J connectivity index is 1.87. The number of aromatic nitrogens is 2. The number of primary amides is 1. The largest absolute Gasteiger partial charge is 0.390 e. The van der Waals surface area contributed by atoms with Crippen LogP contribution in [0.15, 0.2) is 30.5 Å². The maximum absolute atomic E-state index is 11.9.